The van der Waals surface area contributed by atoms with Gasteiger partial charge in [-0.2, -0.15) is 0 Å². The van der Waals surface area contributed by atoms with Crippen molar-refractivity contribution in [1.82, 2.24) is 19.9 Å². The quantitative estimate of drug-likeness (QED) is 0.440. The van der Waals surface area contributed by atoms with Crippen LogP contribution >= 0.6 is 11.6 Å². The molecule has 3 aromatic heterocycles. The molecule has 142 valence electrons. The van der Waals surface area contributed by atoms with Gasteiger partial charge >= 0.3 is 0 Å². The van der Waals surface area contributed by atoms with Gasteiger partial charge in [-0.15, -0.1) is 0 Å². The van der Waals surface area contributed by atoms with Crippen LogP contribution in [-0.2, 0) is 0 Å². The van der Waals surface area contributed by atoms with Crippen LogP contribution in [0.25, 0.3) is 22.4 Å². The summed E-state index contributed by atoms with van der Waals surface area (Å²) >= 11 is 6.06. The van der Waals surface area contributed by atoms with Crippen molar-refractivity contribution in [3.8, 4) is 11.4 Å². The Kier molecular flexibility index (Phi) is 4.37. The maximum Gasteiger partial charge on any atom is 0.163 e. The van der Waals surface area contributed by atoms with Crippen molar-refractivity contribution in [2.24, 2.45) is 0 Å². The lowest BCUT2D eigenvalue weighted by atomic mass is 10.1. The Morgan fingerprint density at radius 3 is 2.78 bits per heavy atom. The van der Waals surface area contributed by atoms with Crippen LogP contribution in [-0.4, -0.2) is 19.9 Å². The number of hydrogen-bond acceptors (Lipinski definition) is 5. The summed E-state index contributed by atoms with van der Waals surface area (Å²) in [6.45, 7) is 1.95. The molecule has 0 unspecified atom stereocenters. The second-order valence-electron chi connectivity index (χ2n) is 6.17. The van der Waals surface area contributed by atoms with Crippen molar-refractivity contribution < 1.29 is 8.67 Å². The third kappa shape index (κ3) is 3.41. The summed E-state index contributed by atoms with van der Waals surface area (Å²) in [5.41, 5.74) is 8.85. The highest BCUT2D eigenvalue weighted by atomic mass is 35.5. The first-order valence-electron chi connectivity index (χ1n) is 8.29. The molecule has 0 saturated carbocycles. The number of nitrogens with zero attached hydrogens (tertiary/aromatic N) is 3. The smallest absolute Gasteiger partial charge is 0.163 e. The molecule has 0 aliphatic carbocycles. The Morgan fingerprint density at radius 2 is 2.00 bits per heavy atom. The normalized spacial score (nSPS) is 12.3. The van der Waals surface area contributed by atoms with Crippen LogP contribution in [0.5, 0.6) is 0 Å². The maximum absolute atomic E-state index is 13.1. The number of aromatic amines is 1. The van der Waals surface area contributed by atoms with Gasteiger partial charge in [0.15, 0.2) is 11.6 Å². The van der Waals surface area contributed by atoms with E-state index in [9.17, 15) is 4.39 Å². The minimum absolute atomic E-state index is 0. The molecule has 0 radical (unpaired) electrons. The predicted molar refractivity (Wildman–Crippen MR) is 111 cm³/mol. The van der Waals surface area contributed by atoms with Gasteiger partial charge in [0.1, 0.15) is 11.5 Å². The van der Waals surface area contributed by atoms with E-state index in [1.807, 2.05) is 13.0 Å². The third-order valence-electron chi connectivity index (χ3n) is 4.28. The first-order chi connectivity index (χ1) is 13.0. The minimum Gasteiger partial charge on any atom is -0.394 e. The molecule has 8 heteroatoms. The van der Waals surface area contributed by atoms with E-state index in [1.165, 1.54) is 12.1 Å². The lowest BCUT2D eigenvalue weighted by molar-refractivity contribution is 0.626. The molecule has 0 aliphatic rings. The Bertz CT molecular complexity index is 1120. The molecule has 0 saturated heterocycles. The molecule has 0 amide bonds. The number of anilines is 2. The van der Waals surface area contributed by atoms with E-state index in [4.69, 9.17) is 17.3 Å². The number of halogens is 2. The second-order valence-corrected chi connectivity index (χ2v) is 6.60. The topological polar surface area (TPSA) is 92.5 Å². The molecule has 1 atom stereocenters. The van der Waals surface area contributed by atoms with Crippen LogP contribution in [0.3, 0.4) is 0 Å². The molecule has 0 aliphatic heterocycles. The van der Waals surface area contributed by atoms with Gasteiger partial charge in [0.05, 0.1) is 22.9 Å². The third-order valence-corrected chi connectivity index (χ3v) is 4.49. The number of H-pyrrole nitrogens is 1. The summed E-state index contributed by atoms with van der Waals surface area (Å²) < 4.78 is 13.1. The van der Waals surface area contributed by atoms with Gasteiger partial charge in [0.25, 0.3) is 0 Å². The van der Waals surface area contributed by atoms with Gasteiger partial charge in [0, 0.05) is 27.6 Å². The molecule has 0 spiro atoms. The Hall–Kier alpha value is -3.19. The number of benzene rings is 1. The predicted octanol–water partition coefficient (Wildman–Crippen LogP) is 5.31. The lowest BCUT2D eigenvalue weighted by Crippen LogP contribution is -2.11. The second kappa shape index (κ2) is 6.85. The molecule has 4 N–H and O–H groups in total. The number of hydrogen-bond donors (Lipinski definition) is 3. The van der Waals surface area contributed by atoms with Crippen molar-refractivity contribution in [1.29, 1.82) is 0 Å². The number of nitrogens with two attached hydrogens (primary N) is 1. The van der Waals surface area contributed by atoms with E-state index in [1.54, 1.807) is 30.7 Å². The number of rotatable bonds is 4. The summed E-state index contributed by atoms with van der Waals surface area (Å²) in [6.07, 6.45) is 4.91. The Labute approximate surface area is 164 Å². The van der Waals surface area contributed by atoms with Crippen molar-refractivity contribution in [2.45, 2.75) is 13.0 Å². The number of pyridine rings is 1. The number of fused-ring (bicyclic) bond motifs is 1. The maximum atomic E-state index is 13.1. The minimum atomic E-state index is -0.276. The highest BCUT2D eigenvalue weighted by Gasteiger charge is 2.14. The zero-order chi connectivity index (χ0) is 19.0. The van der Waals surface area contributed by atoms with Crippen molar-refractivity contribution in [3.05, 3.63) is 65.3 Å². The van der Waals surface area contributed by atoms with Crippen molar-refractivity contribution in [3.63, 3.8) is 0 Å². The van der Waals surface area contributed by atoms with Crippen molar-refractivity contribution in [2.75, 3.05) is 11.1 Å². The zero-order valence-corrected chi connectivity index (χ0v) is 15.1. The van der Waals surface area contributed by atoms with Crippen LogP contribution in [0.1, 0.15) is 22.8 Å². The highest BCUT2D eigenvalue weighted by Crippen LogP contribution is 2.30. The molecule has 1 aromatic carbocycles. The van der Waals surface area contributed by atoms with Crippen LogP contribution in [0.2, 0.25) is 5.02 Å². The number of nitrogens with one attached hydrogen (secondary N) is 2. The first kappa shape index (κ1) is 17.2. The van der Waals surface area contributed by atoms with Gasteiger partial charge < -0.3 is 16.0 Å². The number of nitrogen functional groups attached to an aromatic ring is 1. The van der Waals surface area contributed by atoms with Crippen LogP contribution in [0, 0.1) is 5.82 Å². The zero-order valence-electron chi connectivity index (χ0n) is 14.4. The highest BCUT2D eigenvalue weighted by molar-refractivity contribution is 6.31. The van der Waals surface area contributed by atoms with Gasteiger partial charge in [0.2, 0.25) is 0 Å². The molecule has 4 rings (SSSR count). The van der Waals surface area contributed by atoms with E-state index >= 15 is 0 Å². The summed E-state index contributed by atoms with van der Waals surface area (Å²) in [5, 5.41) is 4.61. The average Bonchev–Trinajstić information content (AvgIpc) is 3.07. The van der Waals surface area contributed by atoms with E-state index in [2.05, 4.69) is 25.3 Å². The largest absolute Gasteiger partial charge is 0.394 e. The van der Waals surface area contributed by atoms with Crippen molar-refractivity contribution >= 4 is 34.1 Å². The standard InChI is InChI=1S/C19H16ClFN6.3H2/c1-10(11-2-4-13(21)5-3-11)26-19-16(22)9-25-18(27-19)15-8-24-17-14(15)6-12(20)7-23-17;;;/h2-10H,22H2,1H3,(H,23,24)(H,25,26,27);3*1H/t10-;;;/m0.../s1. The lowest BCUT2D eigenvalue weighted by Gasteiger charge is -2.16. The molecule has 3 heterocycles. The fraction of sp³-hybridized carbons (Fsp3) is 0.105. The van der Waals surface area contributed by atoms with Crippen LogP contribution < -0.4 is 11.1 Å². The molecular formula is C19H22ClFN6. The fourth-order valence-electron chi connectivity index (χ4n) is 2.84. The van der Waals surface area contributed by atoms with E-state index in [0.717, 1.165) is 16.5 Å². The van der Waals surface area contributed by atoms with Crippen LogP contribution in [0.15, 0.2) is 48.9 Å². The van der Waals surface area contributed by atoms with E-state index in [0.29, 0.717) is 28.0 Å². The molecule has 0 fully saturated rings. The fourth-order valence-corrected chi connectivity index (χ4v) is 3.00. The summed E-state index contributed by atoms with van der Waals surface area (Å²) in [5.74, 6) is 0.718. The first-order valence-corrected chi connectivity index (χ1v) is 8.66. The molecular weight excluding hydrogens is 367 g/mol. The van der Waals surface area contributed by atoms with Crippen LogP contribution in [0.4, 0.5) is 15.9 Å². The summed E-state index contributed by atoms with van der Waals surface area (Å²) in [7, 11) is 0. The summed E-state index contributed by atoms with van der Waals surface area (Å²) in [6, 6.07) is 7.98. The molecule has 27 heavy (non-hydrogen) atoms. The van der Waals surface area contributed by atoms with Gasteiger partial charge in [-0.25, -0.2) is 19.3 Å². The molecule has 6 nitrogen and oxygen atoms in total. The van der Waals surface area contributed by atoms with E-state index in [-0.39, 0.29) is 16.1 Å². The van der Waals surface area contributed by atoms with Gasteiger partial charge in [-0.3, -0.25) is 0 Å². The summed E-state index contributed by atoms with van der Waals surface area (Å²) in [4.78, 5) is 16.2. The Morgan fingerprint density at radius 1 is 1.22 bits per heavy atom. The SMILES string of the molecule is C[C@H](Nc1nc(-c2c[nH]c3ncc(Cl)cc23)ncc1N)c1ccc(F)cc1.[HH].[HH].[HH]. The average molecular weight is 389 g/mol. The molecule has 4 aromatic rings. The van der Waals surface area contributed by atoms with Gasteiger partial charge in [-0.1, -0.05) is 23.7 Å². The number of aromatic nitrogens is 4. The van der Waals surface area contributed by atoms with Gasteiger partial charge in [-0.05, 0) is 30.7 Å². The Balaban J connectivity index is 0.00000150. The van der Waals surface area contributed by atoms with E-state index < -0.39 is 0 Å². The monoisotopic (exact) mass is 388 g/mol. The molecule has 0 bridgehead atoms.